The van der Waals surface area contributed by atoms with E-state index in [2.05, 4.69) is 75.5 Å². The summed E-state index contributed by atoms with van der Waals surface area (Å²) in [6, 6.07) is 15.6. The Hall–Kier alpha value is -1.60. The number of aryl methyl sites for hydroxylation is 3. The molecule has 1 N–H and O–H groups in total. The van der Waals surface area contributed by atoms with Crippen LogP contribution < -0.4 is 5.32 Å². The molecule has 0 fully saturated rings. The number of hydrogen-bond acceptors (Lipinski definition) is 1. The summed E-state index contributed by atoms with van der Waals surface area (Å²) < 4.78 is 0. The molecule has 100 valence electrons. The second-order valence-electron chi connectivity index (χ2n) is 5.37. The Kier molecular flexibility index (Phi) is 4.39. The Balaban J connectivity index is 2.03. The van der Waals surface area contributed by atoms with Crippen molar-refractivity contribution in [3.8, 4) is 0 Å². The predicted molar refractivity (Wildman–Crippen MR) is 82.3 cm³/mol. The van der Waals surface area contributed by atoms with Gasteiger partial charge in [0.2, 0.25) is 0 Å². The van der Waals surface area contributed by atoms with Crippen molar-refractivity contribution < 1.29 is 0 Å². The van der Waals surface area contributed by atoms with Crippen LogP contribution in [0.5, 0.6) is 0 Å². The lowest BCUT2D eigenvalue weighted by Crippen LogP contribution is -2.18. The molecule has 2 aromatic carbocycles. The second kappa shape index (κ2) is 6.03. The largest absolute Gasteiger partial charge is 0.306 e. The Bertz CT molecular complexity index is 557. The second-order valence-corrected chi connectivity index (χ2v) is 5.37. The molecule has 1 heteroatoms. The van der Waals surface area contributed by atoms with Crippen molar-refractivity contribution in [2.24, 2.45) is 0 Å². The van der Waals surface area contributed by atoms with Gasteiger partial charge in [0.05, 0.1) is 0 Å². The average Bonchev–Trinajstić information content (AvgIpc) is 2.40. The van der Waals surface area contributed by atoms with E-state index >= 15 is 0 Å². The SMILES string of the molecule is Cc1ccc(C(C)NCc2ccccc2C)cc1C. The maximum atomic E-state index is 3.60. The zero-order valence-electron chi connectivity index (χ0n) is 12.3. The van der Waals surface area contributed by atoms with E-state index in [0.717, 1.165) is 6.54 Å². The highest BCUT2D eigenvalue weighted by Gasteiger charge is 2.06. The van der Waals surface area contributed by atoms with Crippen molar-refractivity contribution in [3.63, 3.8) is 0 Å². The fourth-order valence-corrected chi connectivity index (χ4v) is 2.22. The van der Waals surface area contributed by atoms with E-state index < -0.39 is 0 Å². The van der Waals surface area contributed by atoms with Crippen molar-refractivity contribution >= 4 is 0 Å². The Morgan fingerprint density at radius 2 is 1.63 bits per heavy atom. The molecule has 2 rings (SSSR count). The molecule has 0 aromatic heterocycles. The van der Waals surface area contributed by atoms with Gasteiger partial charge in [-0.05, 0) is 55.5 Å². The highest BCUT2D eigenvalue weighted by atomic mass is 14.9. The Labute approximate surface area is 116 Å². The number of rotatable bonds is 4. The smallest absolute Gasteiger partial charge is 0.0295 e. The summed E-state index contributed by atoms with van der Waals surface area (Å²) in [5.41, 5.74) is 6.80. The lowest BCUT2D eigenvalue weighted by atomic mass is 10.0. The van der Waals surface area contributed by atoms with Crippen molar-refractivity contribution in [1.29, 1.82) is 0 Å². The van der Waals surface area contributed by atoms with Gasteiger partial charge in [-0.3, -0.25) is 0 Å². The molecule has 0 spiro atoms. The molecule has 0 radical (unpaired) electrons. The number of nitrogens with one attached hydrogen (secondary N) is 1. The lowest BCUT2D eigenvalue weighted by Gasteiger charge is -2.16. The quantitative estimate of drug-likeness (QED) is 0.848. The zero-order chi connectivity index (χ0) is 13.8. The third-order valence-electron chi connectivity index (χ3n) is 3.89. The molecule has 1 unspecified atom stereocenters. The van der Waals surface area contributed by atoms with Crippen LogP contribution >= 0.6 is 0 Å². The van der Waals surface area contributed by atoms with Gasteiger partial charge in [0.1, 0.15) is 0 Å². The van der Waals surface area contributed by atoms with Crippen LogP contribution in [0.2, 0.25) is 0 Å². The normalized spacial score (nSPS) is 12.4. The van der Waals surface area contributed by atoms with Crippen molar-refractivity contribution in [1.82, 2.24) is 5.32 Å². The minimum Gasteiger partial charge on any atom is -0.306 e. The monoisotopic (exact) mass is 253 g/mol. The molecule has 0 amide bonds. The third-order valence-corrected chi connectivity index (χ3v) is 3.89. The lowest BCUT2D eigenvalue weighted by molar-refractivity contribution is 0.573. The molecule has 0 saturated carbocycles. The molecule has 1 atom stereocenters. The van der Waals surface area contributed by atoms with Crippen LogP contribution in [0, 0.1) is 20.8 Å². The molecule has 1 nitrogen and oxygen atoms in total. The fraction of sp³-hybridized carbons (Fsp3) is 0.333. The van der Waals surface area contributed by atoms with Crippen LogP contribution in [-0.4, -0.2) is 0 Å². The highest BCUT2D eigenvalue weighted by molar-refractivity contribution is 5.32. The third kappa shape index (κ3) is 3.45. The summed E-state index contributed by atoms with van der Waals surface area (Å²) >= 11 is 0. The maximum absolute atomic E-state index is 3.60. The standard InChI is InChI=1S/C18H23N/c1-13-9-10-17(11-15(13)3)16(4)19-12-18-8-6-5-7-14(18)2/h5-11,16,19H,12H2,1-4H3. The fourth-order valence-electron chi connectivity index (χ4n) is 2.22. The van der Waals surface area contributed by atoms with Gasteiger partial charge in [0, 0.05) is 12.6 Å². The van der Waals surface area contributed by atoms with Gasteiger partial charge in [0.15, 0.2) is 0 Å². The van der Waals surface area contributed by atoms with Gasteiger partial charge in [-0.25, -0.2) is 0 Å². The van der Waals surface area contributed by atoms with Gasteiger partial charge >= 0.3 is 0 Å². The summed E-state index contributed by atoms with van der Waals surface area (Å²) in [5.74, 6) is 0. The predicted octanol–water partition coefficient (Wildman–Crippen LogP) is 4.46. The number of benzene rings is 2. The molecule has 0 aliphatic carbocycles. The topological polar surface area (TPSA) is 12.0 Å². The van der Waals surface area contributed by atoms with Crippen LogP contribution in [0.25, 0.3) is 0 Å². The van der Waals surface area contributed by atoms with Gasteiger partial charge in [0.25, 0.3) is 0 Å². The highest BCUT2D eigenvalue weighted by Crippen LogP contribution is 2.17. The first-order valence-electron chi connectivity index (χ1n) is 6.93. The van der Waals surface area contributed by atoms with Crippen LogP contribution in [0.1, 0.15) is 40.8 Å². The molecule has 0 saturated heterocycles. The van der Waals surface area contributed by atoms with Gasteiger partial charge in [-0.2, -0.15) is 0 Å². The number of hydrogen-bond donors (Lipinski definition) is 1. The minimum atomic E-state index is 0.374. The van der Waals surface area contributed by atoms with Crippen LogP contribution in [0.3, 0.4) is 0 Å². The van der Waals surface area contributed by atoms with Gasteiger partial charge in [-0.15, -0.1) is 0 Å². The van der Waals surface area contributed by atoms with E-state index in [1.54, 1.807) is 0 Å². The molecular weight excluding hydrogens is 230 g/mol. The summed E-state index contributed by atoms with van der Waals surface area (Å²) in [6.07, 6.45) is 0. The van der Waals surface area contributed by atoms with E-state index in [9.17, 15) is 0 Å². The van der Waals surface area contributed by atoms with E-state index in [1.807, 2.05) is 0 Å². The van der Waals surface area contributed by atoms with Crippen LogP contribution in [0.4, 0.5) is 0 Å². The summed E-state index contributed by atoms with van der Waals surface area (Å²) in [5, 5.41) is 3.60. The van der Waals surface area contributed by atoms with Crippen molar-refractivity contribution in [3.05, 3.63) is 70.3 Å². The molecule has 0 bridgehead atoms. The summed E-state index contributed by atoms with van der Waals surface area (Å²) in [4.78, 5) is 0. The molecule has 19 heavy (non-hydrogen) atoms. The van der Waals surface area contributed by atoms with Crippen molar-refractivity contribution in [2.45, 2.75) is 40.3 Å². The van der Waals surface area contributed by atoms with Crippen LogP contribution in [-0.2, 0) is 6.54 Å². The summed E-state index contributed by atoms with van der Waals surface area (Å²) in [6.45, 7) is 9.64. The first-order chi connectivity index (χ1) is 9.08. The van der Waals surface area contributed by atoms with E-state index in [-0.39, 0.29) is 0 Å². The Morgan fingerprint density at radius 3 is 2.32 bits per heavy atom. The molecule has 0 heterocycles. The average molecular weight is 253 g/mol. The van der Waals surface area contributed by atoms with Gasteiger partial charge < -0.3 is 5.32 Å². The molecule has 0 aliphatic rings. The van der Waals surface area contributed by atoms with Crippen molar-refractivity contribution in [2.75, 3.05) is 0 Å². The maximum Gasteiger partial charge on any atom is 0.0295 e. The molecule has 0 aliphatic heterocycles. The van der Waals surface area contributed by atoms with Gasteiger partial charge in [-0.1, -0.05) is 42.5 Å². The van der Waals surface area contributed by atoms with E-state index in [1.165, 1.54) is 27.8 Å². The molecule has 2 aromatic rings. The first kappa shape index (κ1) is 13.8. The zero-order valence-corrected chi connectivity index (χ0v) is 12.3. The van der Waals surface area contributed by atoms with E-state index in [0.29, 0.717) is 6.04 Å². The first-order valence-corrected chi connectivity index (χ1v) is 6.93. The van der Waals surface area contributed by atoms with E-state index in [4.69, 9.17) is 0 Å². The minimum absolute atomic E-state index is 0.374. The Morgan fingerprint density at radius 1 is 0.895 bits per heavy atom. The summed E-state index contributed by atoms with van der Waals surface area (Å²) in [7, 11) is 0. The van der Waals surface area contributed by atoms with Crippen LogP contribution in [0.15, 0.2) is 42.5 Å². The molecular formula is C18H23N.